The van der Waals surface area contributed by atoms with Gasteiger partial charge >= 0.3 is 30.5 Å². The van der Waals surface area contributed by atoms with E-state index in [1.165, 1.54) is 30.3 Å². The van der Waals surface area contributed by atoms with Crippen molar-refractivity contribution in [2.75, 3.05) is 34.4 Å². The van der Waals surface area contributed by atoms with Gasteiger partial charge in [0.15, 0.2) is 0 Å². The van der Waals surface area contributed by atoms with Crippen LogP contribution in [-0.4, -0.2) is 172 Å². The summed E-state index contributed by atoms with van der Waals surface area (Å²) >= 11 is 3.20. The number of nitrogens with one attached hydrogen (secondary N) is 6. The molecule has 8 N–H and O–H groups in total. The van der Waals surface area contributed by atoms with Gasteiger partial charge in [0, 0.05) is 90.8 Å². The highest BCUT2D eigenvalue weighted by molar-refractivity contribution is 9.09. The lowest BCUT2D eigenvalue weighted by Crippen LogP contribution is -2.61. The quantitative estimate of drug-likeness (QED) is 0.0417. The Kier molecular flexibility index (Phi) is 34.6. The second-order valence-electron chi connectivity index (χ2n) is 38.6. The number of alkyl halides is 1. The minimum Gasteiger partial charge on any atom is -0.444 e. The molecule has 6 heterocycles. The van der Waals surface area contributed by atoms with Crippen LogP contribution < -0.4 is 37.6 Å². The van der Waals surface area contributed by atoms with Crippen molar-refractivity contribution in [3.63, 3.8) is 0 Å². The number of carbonyl (C=O) groups is 14. The molecule has 748 valence electrons. The summed E-state index contributed by atoms with van der Waals surface area (Å²) in [5.74, 6) is -4.03. The summed E-state index contributed by atoms with van der Waals surface area (Å²) in [7, 11) is 0. The van der Waals surface area contributed by atoms with Gasteiger partial charge in [-0.1, -0.05) is 74.6 Å². The predicted molar refractivity (Wildman–Crippen MR) is 528 cm³/mol. The molecule has 14 amide bonds. The van der Waals surface area contributed by atoms with Gasteiger partial charge in [-0.05, 0) is 301 Å². The molecular weight excluding hydrogens is 1910 g/mol. The first-order valence-corrected chi connectivity index (χ1v) is 46.1. The second-order valence-corrected chi connectivity index (χ2v) is 39.1. The Morgan fingerprint density at radius 1 is 0.428 bits per heavy atom. The van der Waals surface area contributed by atoms with Crippen molar-refractivity contribution in [2.24, 2.45) is 5.73 Å². The minimum absolute atomic E-state index is 0. The number of fused-ring (bicyclic) bond motifs is 9. The highest BCUT2D eigenvalue weighted by Gasteiger charge is 2.61. The topological polar surface area (TPSA) is 400 Å². The number of rotatable bonds is 13. The smallest absolute Gasteiger partial charge is 0.418 e. The number of aryl methyl sites for hydroxylation is 6. The van der Waals surface area contributed by atoms with Gasteiger partial charge in [-0.25, -0.2) is 46.9 Å². The lowest BCUT2D eigenvalue weighted by atomic mass is 9.76. The Labute approximate surface area is 831 Å². The van der Waals surface area contributed by atoms with E-state index < -0.39 is 112 Å². The number of hydrogen-bond acceptors (Lipinski definition) is 20. The van der Waals surface area contributed by atoms with Crippen LogP contribution in [0.25, 0.3) is 0 Å². The SMILES string of the molecule is C.C.C.CC(C)(C)OC(=O)NC1(C(=O)Nc2ccc3c(c2)CCC32OC(=O)NC2=O)CCC1.C[C@@H]1CCc2cc(F)ccc2CN1C(=O)CBr.C[C@@H]1CCc2cc(F)ccc2CN1C(=O)CN1C(=O)OC2(CCc3cc(NC(=O)C4(N)CCC4)ccc32)C1=O.C[C@@H]1CCc2cc(F)ccc2CN1C(=O)CN1C(=O)OC2(CCc3cc(NC(=O)C4(NC(=O)OC(C)(C)C)CCC4)ccc32)C1=O.S.S.S. The summed E-state index contributed by atoms with van der Waals surface area (Å²) in [6.07, 6.45) is 8.58. The number of hydrogen-bond donors (Lipinski definition) is 7. The number of benzene rings is 6. The molecule has 6 aromatic carbocycles. The number of alkyl carbamates (subject to hydrolysis) is 3. The molecule has 0 bridgehead atoms. The van der Waals surface area contributed by atoms with Crippen LogP contribution in [-0.2, 0) is 142 Å². The Morgan fingerprint density at radius 3 is 1.06 bits per heavy atom. The van der Waals surface area contributed by atoms with Gasteiger partial charge in [-0.3, -0.25) is 48.5 Å². The molecule has 6 aromatic rings. The summed E-state index contributed by atoms with van der Waals surface area (Å²) in [6.45, 7) is 16.6. The number of nitrogens with zero attached hydrogens (tertiary/aromatic N) is 5. The molecule has 6 aliphatic carbocycles. The third-order valence-corrected chi connectivity index (χ3v) is 27.8. The van der Waals surface area contributed by atoms with Crippen molar-refractivity contribution in [2.45, 2.75) is 302 Å². The van der Waals surface area contributed by atoms with Crippen molar-refractivity contribution in [3.05, 3.63) is 193 Å². The largest absolute Gasteiger partial charge is 0.444 e. The Bertz CT molecular complexity index is 5750. The van der Waals surface area contributed by atoms with Crippen LogP contribution in [0.15, 0.2) is 109 Å². The van der Waals surface area contributed by atoms with E-state index in [2.05, 4.69) is 47.8 Å². The summed E-state index contributed by atoms with van der Waals surface area (Å²) in [5.41, 5.74) is 8.74. The number of amides is 14. The maximum atomic E-state index is 13.8. The van der Waals surface area contributed by atoms with Crippen molar-refractivity contribution in [1.29, 1.82) is 0 Å². The standard InChI is InChI=1S/C34H39FN4O7.C29H31FN4O5.C21H25N3O6.C13H15BrFNO.3CH4.3H2S/c1-20-6-7-21-16-24(35)9-8-23(21)18-38(20)27(40)19-39-29(42)34(46-31(39)44)15-12-22-17-25(10-11-26(22)34)36-28(41)33(13-5-14-33)37-30(43)45-32(2,3)4;1-17-3-4-18-13-21(30)6-5-20(18)15-33(17)24(35)16-34-26(37)29(39-27(34)38)12-9-19-14-22(7-8-23(19)29)32-25(36)28(31)10-2-11-28;1-19(2,3)29-18(28)24-20(8-4-9-20)15(25)22-13-5-6-14-12(11-13)7-10-21(14)16(26)23-17(27)30-21;1-9-2-3-10-6-12(15)5-4-11(10)8-16(9)13(17)7-14;;;;;;/h8-11,16-17,20H,5-7,12-15,18-19H2,1-4H3,(H,36,41)(H,37,43);5-8,13-14,17H,2-4,9-12,15-16,31H2,1H3,(H,32,36);5-6,11H,4,7-10H2,1-3H3,(H,22,25)(H,24,28)(H,23,26,27);4-6,9H,2-3,7-8H2,1H3;3*1H4;3*1H2/t20-,34?;17-,29?;;9-;;;;;;/m11.1....../s1. The fourth-order valence-electron chi connectivity index (χ4n) is 19.4. The Hall–Kier alpha value is -11.2. The van der Waals surface area contributed by atoms with Crippen LogP contribution in [0.5, 0.6) is 0 Å². The summed E-state index contributed by atoms with van der Waals surface area (Å²) in [6, 6.07) is 29.2. The van der Waals surface area contributed by atoms with Crippen molar-refractivity contribution in [3.8, 4) is 0 Å². The number of nitrogens with two attached hydrogens (primary N) is 1. The van der Waals surface area contributed by atoms with Gasteiger partial charge in [0.05, 0.1) is 10.9 Å². The highest BCUT2D eigenvalue weighted by Crippen LogP contribution is 2.50. The predicted octanol–water partition coefficient (Wildman–Crippen LogP) is 15.4. The molecule has 6 atom stereocenters. The molecule has 3 unspecified atom stereocenters. The second kappa shape index (κ2) is 43.3. The third-order valence-electron chi connectivity index (χ3n) is 27.4. The van der Waals surface area contributed by atoms with E-state index in [0.29, 0.717) is 136 Å². The van der Waals surface area contributed by atoms with Crippen molar-refractivity contribution in [1.82, 2.24) is 40.4 Å². The van der Waals surface area contributed by atoms with E-state index in [4.69, 9.17) is 29.4 Å². The van der Waals surface area contributed by atoms with Crippen LogP contribution in [0.1, 0.15) is 248 Å². The van der Waals surface area contributed by atoms with E-state index in [1.807, 2.05) is 25.7 Å². The first kappa shape index (κ1) is 110. The highest BCUT2D eigenvalue weighted by atomic mass is 79.9. The molecule has 31 nitrogen and oxygen atoms in total. The minimum atomic E-state index is -1.54. The molecular formula is C100H128BrF3N12O19S3. The van der Waals surface area contributed by atoms with E-state index >= 15 is 0 Å². The molecule has 18 rings (SSSR count). The van der Waals surface area contributed by atoms with Gasteiger partial charge < -0.3 is 70.7 Å². The lowest BCUT2D eigenvalue weighted by Gasteiger charge is -2.40. The third kappa shape index (κ3) is 22.6. The van der Waals surface area contributed by atoms with Crippen molar-refractivity contribution < 1.29 is 104 Å². The van der Waals surface area contributed by atoms with Crippen LogP contribution in [0, 0.1) is 17.5 Å². The molecule has 3 saturated heterocycles. The molecule has 3 saturated carbocycles. The zero-order chi connectivity index (χ0) is 94.7. The lowest BCUT2D eigenvalue weighted by molar-refractivity contribution is -0.143. The maximum Gasteiger partial charge on any atom is 0.418 e. The van der Waals surface area contributed by atoms with Gasteiger partial charge in [-0.2, -0.15) is 40.5 Å². The number of halogens is 4. The molecule has 0 radical (unpaired) electrons. The molecule has 138 heavy (non-hydrogen) atoms. The van der Waals surface area contributed by atoms with E-state index in [-0.39, 0.29) is 154 Å². The fraction of sp³-hybridized carbons (Fsp3) is 0.500. The number of anilines is 3. The Morgan fingerprint density at radius 2 is 0.754 bits per heavy atom. The maximum absolute atomic E-state index is 13.8. The molecule has 3 spiro atoms. The zero-order valence-electron chi connectivity index (χ0n) is 76.8. The molecule has 38 heteroatoms. The zero-order valence-corrected chi connectivity index (χ0v) is 81.4. The van der Waals surface area contributed by atoms with Gasteiger partial charge in [0.2, 0.25) is 52.2 Å². The van der Waals surface area contributed by atoms with Gasteiger partial charge in [0.1, 0.15) is 52.8 Å². The molecule has 12 aliphatic rings. The fourth-order valence-corrected chi connectivity index (χ4v) is 19.7. The van der Waals surface area contributed by atoms with Crippen LogP contribution in [0.3, 0.4) is 0 Å². The van der Waals surface area contributed by atoms with Gasteiger partial charge in [0.25, 0.3) is 17.7 Å². The van der Waals surface area contributed by atoms with Crippen molar-refractivity contribution >= 4 is 157 Å². The van der Waals surface area contributed by atoms with Crippen LogP contribution in [0.4, 0.5) is 54.2 Å². The van der Waals surface area contributed by atoms with Gasteiger partial charge in [-0.15, -0.1) is 0 Å². The van der Waals surface area contributed by atoms with Crippen LogP contribution >= 0.6 is 56.4 Å². The first-order chi connectivity index (χ1) is 62.4. The Balaban J connectivity index is 0.000000212. The molecule has 0 aromatic heterocycles. The first-order valence-electron chi connectivity index (χ1n) is 45.0. The average Bonchev–Trinajstić information content (AvgIpc) is 1.57. The summed E-state index contributed by atoms with van der Waals surface area (Å²) in [5, 5.41) is 16.6. The van der Waals surface area contributed by atoms with Crippen LogP contribution in [0.2, 0.25) is 0 Å². The molecule has 6 aliphatic heterocycles. The average molecular weight is 2040 g/mol. The van der Waals surface area contributed by atoms with E-state index in [1.54, 1.807) is 130 Å². The monoisotopic (exact) mass is 2030 g/mol. The van der Waals surface area contributed by atoms with E-state index in [9.17, 15) is 80.3 Å². The number of ether oxygens (including phenoxy) is 5. The number of imide groups is 3. The summed E-state index contributed by atoms with van der Waals surface area (Å²) in [4.78, 5) is 186. The summed E-state index contributed by atoms with van der Waals surface area (Å²) < 4.78 is 68.0. The van der Waals surface area contributed by atoms with E-state index in [0.717, 1.165) is 92.0 Å². The molecule has 6 fully saturated rings. The normalized spacial score (nSPS) is 22.4. The number of carbonyl (C=O) groups excluding carboxylic acids is 14.